The van der Waals surface area contributed by atoms with Gasteiger partial charge in [0.25, 0.3) is 0 Å². The minimum Gasteiger partial charge on any atom is -0.493 e. The van der Waals surface area contributed by atoms with Crippen molar-refractivity contribution in [2.24, 2.45) is 0 Å². The fourth-order valence-corrected chi connectivity index (χ4v) is 1.29. The summed E-state index contributed by atoms with van der Waals surface area (Å²) in [5.41, 5.74) is 1.51. The van der Waals surface area contributed by atoms with E-state index in [9.17, 15) is 4.79 Å². The molecule has 1 aromatic rings. The highest BCUT2D eigenvalue weighted by atomic mass is 16.5. The lowest BCUT2D eigenvalue weighted by Crippen LogP contribution is -2.08. The van der Waals surface area contributed by atoms with Gasteiger partial charge in [-0.15, -0.1) is 0 Å². The van der Waals surface area contributed by atoms with Crippen LogP contribution in [0.2, 0.25) is 0 Å². The molecule has 0 aliphatic rings. The summed E-state index contributed by atoms with van der Waals surface area (Å²) >= 11 is 0. The Labute approximate surface area is 104 Å². The average Bonchev–Trinajstić information content (AvgIpc) is 2.34. The number of carbonyl (C=O) groups is 1. The third-order valence-corrected chi connectivity index (χ3v) is 1.93. The summed E-state index contributed by atoms with van der Waals surface area (Å²) in [6, 6.07) is 5.49. The van der Waals surface area contributed by atoms with Crippen molar-refractivity contribution in [2.45, 2.75) is 34.6 Å². The van der Waals surface area contributed by atoms with Crippen LogP contribution in [0.25, 0.3) is 0 Å². The van der Waals surface area contributed by atoms with Crippen LogP contribution in [0.15, 0.2) is 18.2 Å². The van der Waals surface area contributed by atoms with Crippen molar-refractivity contribution in [1.82, 2.24) is 0 Å². The van der Waals surface area contributed by atoms with Gasteiger partial charge in [0, 0.05) is 0 Å². The molecule has 3 nitrogen and oxygen atoms in total. The molecule has 0 fully saturated rings. The van der Waals surface area contributed by atoms with Crippen molar-refractivity contribution in [3.63, 3.8) is 0 Å². The van der Waals surface area contributed by atoms with E-state index in [0.29, 0.717) is 24.5 Å². The molecular weight excluding hydrogens is 216 g/mol. The zero-order valence-electron chi connectivity index (χ0n) is 11.4. The third kappa shape index (κ3) is 4.89. The first-order chi connectivity index (χ1) is 8.19. The molecule has 1 aromatic carbocycles. The van der Waals surface area contributed by atoms with Crippen LogP contribution >= 0.6 is 0 Å². The molecule has 96 valence electrons. The molecule has 0 spiro atoms. The van der Waals surface area contributed by atoms with Gasteiger partial charge in [0.1, 0.15) is 11.3 Å². The van der Waals surface area contributed by atoms with Crippen LogP contribution in [-0.2, 0) is 4.74 Å². The highest BCUT2D eigenvalue weighted by Gasteiger charge is 2.13. The summed E-state index contributed by atoms with van der Waals surface area (Å²) in [5, 5.41) is 0. The summed E-state index contributed by atoms with van der Waals surface area (Å²) in [5.74, 6) is 0.256. The van der Waals surface area contributed by atoms with Gasteiger partial charge >= 0.3 is 5.97 Å². The van der Waals surface area contributed by atoms with Crippen molar-refractivity contribution in [3.8, 4) is 5.75 Å². The number of hydrogen-bond acceptors (Lipinski definition) is 3. The maximum atomic E-state index is 11.6. The molecule has 0 heterocycles. The molecule has 0 radical (unpaired) electrons. The molecule has 0 amide bonds. The van der Waals surface area contributed by atoms with Gasteiger partial charge in [-0.1, -0.05) is 25.5 Å². The van der Waals surface area contributed by atoms with E-state index < -0.39 is 0 Å². The van der Waals surface area contributed by atoms with E-state index in [1.54, 1.807) is 19.1 Å². The normalized spacial score (nSPS) is 9.00. The molecule has 17 heavy (non-hydrogen) atoms. The fraction of sp³-hybridized carbons (Fsp3) is 0.500. The van der Waals surface area contributed by atoms with Gasteiger partial charge in [-0.2, -0.15) is 0 Å². The Morgan fingerprint density at radius 1 is 1.18 bits per heavy atom. The average molecular weight is 238 g/mol. The minimum atomic E-state index is -0.329. The predicted molar refractivity (Wildman–Crippen MR) is 69.7 cm³/mol. The highest BCUT2D eigenvalue weighted by molar-refractivity contribution is 5.92. The van der Waals surface area contributed by atoms with Gasteiger partial charge < -0.3 is 9.47 Å². The van der Waals surface area contributed by atoms with E-state index in [2.05, 4.69) is 0 Å². The lowest BCUT2D eigenvalue weighted by molar-refractivity contribution is 0.0522. The van der Waals surface area contributed by atoms with Crippen molar-refractivity contribution in [2.75, 3.05) is 13.2 Å². The molecule has 0 bridgehead atoms. The molecular formula is C14H22O3. The van der Waals surface area contributed by atoms with Crippen LogP contribution < -0.4 is 4.74 Å². The number of hydrogen-bond donors (Lipinski definition) is 0. The van der Waals surface area contributed by atoms with Crippen LogP contribution in [-0.4, -0.2) is 19.2 Å². The maximum absolute atomic E-state index is 11.6. The van der Waals surface area contributed by atoms with Crippen LogP contribution in [0.1, 0.15) is 43.6 Å². The number of aryl methyl sites for hydroxylation is 1. The monoisotopic (exact) mass is 238 g/mol. The summed E-state index contributed by atoms with van der Waals surface area (Å²) < 4.78 is 10.3. The smallest absolute Gasteiger partial charge is 0.341 e. The number of esters is 1. The third-order valence-electron chi connectivity index (χ3n) is 1.93. The van der Waals surface area contributed by atoms with Crippen molar-refractivity contribution in [3.05, 3.63) is 29.3 Å². The molecule has 3 heteroatoms. The Kier molecular flexibility index (Phi) is 7.85. The lowest BCUT2D eigenvalue weighted by atomic mass is 10.1. The number of rotatable bonds is 4. The molecule has 0 unspecified atom stereocenters. The summed E-state index contributed by atoms with van der Waals surface area (Å²) in [6.45, 7) is 10.5. The van der Waals surface area contributed by atoms with Gasteiger partial charge in [0.15, 0.2) is 0 Å². The summed E-state index contributed by atoms with van der Waals surface area (Å²) in [6.07, 6.45) is 0. The maximum Gasteiger partial charge on any atom is 0.341 e. The zero-order valence-corrected chi connectivity index (χ0v) is 11.4. The van der Waals surface area contributed by atoms with Gasteiger partial charge in [-0.05, 0) is 32.9 Å². The number of carbonyl (C=O) groups excluding carboxylic acids is 1. The van der Waals surface area contributed by atoms with E-state index in [4.69, 9.17) is 9.47 Å². The number of benzene rings is 1. The van der Waals surface area contributed by atoms with Crippen LogP contribution in [0, 0.1) is 6.92 Å². The van der Waals surface area contributed by atoms with Crippen molar-refractivity contribution >= 4 is 5.97 Å². The van der Waals surface area contributed by atoms with Crippen LogP contribution in [0.4, 0.5) is 0 Å². The Bertz CT molecular complexity index is 345. The summed E-state index contributed by atoms with van der Waals surface area (Å²) in [4.78, 5) is 11.6. The van der Waals surface area contributed by atoms with E-state index in [-0.39, 0.29) is 5.97 Å². The minimum absolute atomic E-state index is 0.329. The molecule has 0 aliphatic carbocycles. The quantitative estimate of drug-likeness (QED) is 0.752. The van der Waals surface area contributed by atoms with Gasteiger partial charge in [-0.3, -0.25) is 0 Å². The van der Waals surface area contributed by atoms with Crippen LogP contribution in [0.3, 0.4) is 0 Å². The first kappa shape index (κ1) is 15.5. The Hall–Kier alpha value is -1.51. The lowest BCUT2D eigenvalue weighted by Gasteiger charge is -2.09. The SMILES string of the molecule is CC.CCOC(=O)c1cc(C)ccc1OCC. The molecule has 0 aromatic heterocycles. The molecule has 0 atom stereocenters. The zero-order chi connectivity index (χ0) is 13.3. The number of ether oxygens (including phenoxy) is 2. The highest BCUT2D eigenvalue weighted by Crippen LogP contribution is 2.20. The Morgan fingerprint density at radius 2 is 1.82 bits per heavy atom. The second kappa shape index (κ2) is 8.62. The van der Waals surface area contributed by atoms with E-state index in [1.807, 2.05) is 33.8 Å². The molecule has 0 N–H and O–H groups in total. The van der Waals surface area contributed by atoms with Crippen molar-refractivity contribution in [1.29, 1.82) is 0 Å². The van der Waals surface area contributed by atoms with Crippen molar-refractivity contribution < 1.29 is 14.3 Å². The topological polar surface area (TPSA) is 35.5 Å². The molecule has 0 saturated heterocycles. The van der Waals surface area contributed by atoms with E-state index >= 15 is 0 Å². The van der Waals surface area contributed by atoms with Gasteiger partial charge in [0.2, 0.25) is 0 Å². The standard InChI is InChI=1S/C12H16O3.C2H6/c1-4-14-11-7-6-9(3)8-10(11)12(13)15-5-2;1-2/h6-8H,4-5H2,1-3H3;1-2H3. The van der Waals surface area contributed by atoms with E-state index in [1.165, 1.54) is 0 Å². The molecule has 0 aliphatic heterocycles. The Balaban J connectivity index is 0.00000121. The fourth-order valence-electron chi connectivity index (χ4n) is 1.29. The first-order valence-corrected chi connectivity index (χ1v) is 6.09. The van der Waals surface area contributed by atoms with Crippen LogP contribution in [0.5, 0.6) is 5.75 Å². The second-order valence-corrected chi connectivity index (χ2v) is 3.15. The van der Waals surface area contributed by atoms with E-state index in [0.717, 1.165) is 5.56 Å². The largest absolute Gasteiger partial charge is 0.493 e. The molecule has 1 rings (SSSR count). The Morgan fingerprint density at radius 3 is 2.35 bits per heavy atom. The van der Waals surface area contributed by atoms with Gasteiger partial charge in [-0.25, -0.2) is 4.79 Å². The second-order valence-electron chi connectivity index (χ2n) is 3.15. The molecule has 0 saturated carbocycles. The first-order valence-electron chi connectivity index (χ1n) is 6.09. The summed E-state index contributed by atoms with van der Waals surface area (Å²) in [7, 11) is 0. The van der Waals surface area contributed by atoms with Gasteiger partial charge in [0.05, 0.1) is 13.2 Å². The predicted octanol–water partition coefficient (Wildman–Crippen LogP) is 3.60.